The molecular formula is C21H25FN4O2. The van der Waals surface area contributed by atoms with E-state index in [0.717, 1.165) is 27.9 Å². The van der Waals surface area contributed by atoms with Gasteiger partial charge in [-0.05, 0) is 49.6 Å². The molecule has 0 saturated carbocycles. The van der Waals surface area contributed by atoms with Gasteiger partial charge in [0, 0.05) is 12.2 Å². The number of anilines is 1. The van der Waals surface area contributed by atoms with Gasteiger partial charge in [-0.25, -0.2) is 9.82 Å². The van der Waals surface area contributed by atoms with E-state index in [9.17, 15) is 14.0 Å². The molecule has 0 bridgehead atoms. The summed E-state index contributed by atoms with van der Waals surface area (Å²) in [4.78, 5) is 24.9. The Balaban J connectivity index is 1.59. The summed E-state index contributed by atoms with van der Waals surface area (Å²) in [5.41, 5.74) is 10.7. The summed E-state index contributed by atoms with van der Waals surface area (Å²) in [5, 5.41) is 5.58. The molecule has 148 valence electrons. The third-order valence-electron chi connectivity index (χ3n) is 4.91. The average molecular weight is 384 g/mol. The van der Waals surface area contributed by atoms with Gasteiger partial charge in [0.05, 0.1) is 18.5 Å². The maximum atomic E-state index is 13.1. The predicted octanol–water partition coefficient (Wildman–Crippen LogP) is 2.27. The summed E-state index contributed by atoms with van der Waals surface area (Å²) in [5.74, 6) is -1.24. The maximum Gasteiger partial charge on any atom is 0.243 e. The van der Waals surface area contributed by atoms with Crippen molar-refractivity contribution in [2.24, 2.45) is 5.92 Å². The quantitative estimate of drug-likeness (QED) is 0.637. The van der Waals surface area contributed by atoms with E-state index >= 15 is 0 Å². The van der Waals surface area contributed by atoms with E-state index in [1.807, 2.05) is 32.9 Å². The van der Waals surface area contributed by atoms with E-state index < -0.39 is 5.92 Å². The van der Waals surface area contributed by atoms with Crippen LogP contribution in [-0.2, 0) is 9.59 Å². The molecule has 1 saturated heterocycles. The number of halogens is 1. The Morgan fingerprint density at radius 2 is 1.75 bits per heavy atom. The second kappa shape index (κ2) is 8.50. The molecule has 7 heteroatoms. The van der Waals surface area contributed by atoms with Crippen molar-refractivity contribution in [3.63, 3.8) is 0 Å². The summed E-state index contributed by atoms with van der Waals surface area (Å²) >= 11 is 0. The van der Waals surface area contributed by atoms with Crippen molar-refractivity contribution >= 4 is 17.5 Å². The van der Waals surface area contributed by atoms with Crippen molar-refractivity contribution < 1.29 is 14.0 Å². The van der Waals surface area contributed by atoms with Crippen LogP contribution in [-0.4, -0.2) is 24.9 Å². The molecule has 1 heterocycles. The molecule has 2 unspecified atom stereocenters. The number of aryl methyl sites for hydroxylation is 3. The Kier molecular flexibility index (Phi) is 6.06. The fraction of sp³-hybridized carbons (Fsp3) is 0.333. The van der Waals surface area contributed by atoms with Crippen LogP contribution in [0.25, 0.3) is 0 Å². The number of hydrazine groups is 1. The van der Waals surface area contributed by atoms with Gasteiger partial charge in [-0.1, -0.05) is 29.8 Å². The molecule has 0 radical (unpaired) electrons. The number of carbonyl (C=O) groups is 2. The first-order valence-electron chi connectivity index (χ1n) is 9.24. The number of amides is 2. The van der Waals surface area contributed by atoms with Gasteiger partial charge in [0.1, 0.15) is 5.82 Å². The predicted molar refractivity (Wildman–Crippen MR) is 106 cm³/mol. The van der Waals surface area contributed by atoms with Gasteiger partial charge in [-0.2, -0.15) is 0 Å². The summed E-state index contributed by atoms with van der Waals surface area (Å²) in [6.45, 7) is 6.20. The molecule has 1 aliphatic rings. The van der Waals surface area contributed by atoms with Crippen molar-refractivity contribution in [1.82, 2.24) is 16.2 Å². The van der Waals surface area contributed by atoms with Gasteiger partial charge >= 0.3 is 0 Å². The van der Waals surface area contributed by atoms with Crippen LogP contribution in [0.3, 0.4) is 0 Å². The van der Waals surface area contributed by atoms with Crippen molar-refractivity contribution in [3.8, 4) is 0 Å². The minimum Gasteiger partial charge on any atom is -0.347 e. The highest BCUT2D eigenvalue weighted by Gasteiger charge is 2.34. The third-order valence-corrected chi connectivity index (χ3v) is 4.91. The lowest BCUT2D eigenvalue weighted by Gasteiger charge is -2.19. The molecule has 28 heavy (non-hydrogen) atoms. The van der Waals surface area contributed by atoms with Crippen LogP contribution in [0.4, 0.5) is 10.1 Å². The average Bonchev–Trinajstić information content (AvgIpc) is 3.13. The zero-order valence-corrected chi connectivity index (χ0v) is 16.2. The van der Waals surface area contributed by atoms with E-state index in [1.54, 1.807) is 12.1 Å². The molecule has 0 aliphatic carbocycles. The number of hydrogen-bond acceptors (Lipinski definition) is 4. The Bertz CT molecular complexity index is 859. The highest BCUT2D eigenvalue weighted by Crippen LogP contribution is 2.25. The molecule has 6 nitrogen and oxygen atoms in total. The van der Waals surface area contributed by atoms with Crippen molar-refractivity contribution in [3.05, 3.63) is 64.5 Å². The van der Waals surface area contributed by atoms with Crippen molar-refractivity contribution in [1.29, 1.82) is 0 Å². The lowest BCUT2D eigenvalue weighted by molar-refractivity contribution is -0.127. The van der Waals surface area contributed by atoms with Crippen LogP contribution in [0, 0.1) is 32.5 Å². The van der Waals surface area contributed by atoms with E-state index in [1.165, 1.54) is 12.1 Å². The van der Waals surface area contributed by atoms with Crippen LogP contribution in [0.2, 0.25) is 0 Å². The Labute approximate surface area is 163 Å². The molecule has 0 spiro atoms. The lowest BCUT2D eigenvalue weighted by atomic mass is 9.94. The molecule has 2 atom stereocenters. The van der Waals surface area contributed by atoms with Gasteiger partial charge in [0.2, 0.25) is 11.8 Å². The molecule has 1 aliphatic heterocycles. The van der Waals surface area contributed by atoms with Crippen molar-refractivity contribution in [2.45, 2.75) is 26.8 Å². The van der Waals surface area contributed by atoms with E-state index in [4.69, 9.17) is 0 Å². The zero-order chi connectivity index (χ0) is 20.3. The first kappa shape index (κ1) is 20.0. The summed E-state index contributed by atoms with van der Waals surface area (Å²) in [6.07, 6.45) is 0. The minimum atomic E-state index is -0.402. The normalized spacial score (nSPS) is 18.7. The van der Waals surface area contributed by atoms with Crippen LogP contribution in [0.15, 0.2) is 36.4 Å². The van der Waals surface area contributed by atoms with Gasteiger partial charge in [0.15, 0.2) is 0 Å². The van der Waals surface area contributed by atoms with E-state index in [2.05, 4.69) is 21.5 Å². The fourth-order valence-corrected chi connectivity index (χ4v) is 3.59. The fourth-order valence-electron chi connectivity index (χ4n) is 3.59. The van der Waals surface area contributed by atoms with E-state index in [-0.39, 0.29) is 30.2 Å². The summed E-state index contributed by atoms with van der Waals surface area (Å²) in [7, 11) is 0. The Morgan fingerprint density at radius 1 is 1.11 bits per heavy atom. The number of benzene rings is 2. The molecule has 3 rings (SSSR count). The molecule has 0 aromatic heterocycles. The standard InChI is InChI=1S/C21H25FN4O2/c1-12-8-13(2)19(14(3)9-12)25-18(27)11-23-21(28)17-10-24-26-20(17)15-4-6-16(22)7-5-15/h4-9,17,20,24,26H,10-11H2,1-3H3,(H,23,28)(H,25,27). The number of nitrogens with one attached hydrogen (secondary N) is 4. The first-order chi connectivity index (χ1) is 13.3. The molecule has 2 aromatic rings. The van der Waals surface area contributed by atoms with Crippen LogP contribution < -0.4 is 21.5 Å². The number of hydrogen-bond donors (Lipinski definition) is 4. The zero-order valence-electron chi connectivity index (χ0n) is 16.2. The smallest absolute Gasteiger partial charge is 0.243 e. The molecule has 1 fully saturated rings. The Morgan fingerprint density at radius 3 is 2.39 bits per heavy atom. The first-order valence-corrected chi connectivity index (χ1v) is 9.24. The van der Waals surface area contributed by atoms with Crippen LogP contribution in [0.1, 0.15) is 28.3 Å². The monoisotopic (exact) mass is 384 g/mol. The summed E-state index contributed by atoms with van der Waals surface area (Å²) < 4.78 is 13.1. The number of rotatable bonds is 5. The van der Waals surface area contributed by atoms with E-state index in [0.29, 0.717) is 6.54 Å². The third kappa shape index (κ3) is 4.55. The van der Waals surface area contributed by atoms with Gasteiger partial charge in [-0.15, -0.1) is 0 Å². The largest absolute Gasteiger partial charge is 0.347 e. The molecule has 2 aromatic carbocycles. The SMILES string of the molecule is Cc1cc(C)c(NC(=O)CNC(=O)C2CNNC2c2ccc(F)cc2)c(C)c1. The van der Waals surface area contributed by atoms with Crippen molar-refractivity contribution in [2.75, 3.05) is 18.4 Å². The van der Waals surface area contributed by atoms with Gasteiger partial charge in [-0.3, -0.25) is 15.0 Å². The molecule has 2 amide bonds. The Hall–Kier alpha value is -2.77. The van der Waals surface area contributed by atoms with Crippen LogP contribution in [0.5, 0.6) is 0 Å². The second-order valence-electron chi connectivity index (χ2n) is 7.20. The molecular weight excluding hydrogens is 359 g/mol. The van der Waals surface area contributed by atoms with Crippen LogP contribution >= 0.6 is 0 Å². The second-order valence-corrected chi connectivity index (χ2v) is 7.20. The lowest BCUT2D eigenvalue weighted by Crippen LogP contribution is -2.39. The molecule has 4 N–H and O–H groups in total. The maximum absolute atomic E-state index is 13.1. The van der Waals surface area contributed by atoms with Gasteiger partial charge < -0.3 is 10.6 Å². The van der Waals surface area contributed by atoms with Gasteiger partial charge in [0.25, 0.3) is 0 Å². The number of carbonyl (C=O) groups excluding carboxylic acids is 2. The topological polar surface area (TPSA) is 82.3 Å². The highest BCUT2D eigenvalue weighted by molar-refractivity contribution is 5.96. The highest BCUT2D eigenvalue weighted by atomic mass is 19.1. The summed E-state index contributed by atoms with van der Waals surface area (Å²) in [6, 6.07) is 9.75. The minimum absolute atomic E-state index is 0.113.